The Morgan fingerprint density at radius 2 is 1.23 bits per heavy atom. The van der Waals surface area contributed by atoms with Crippen LogP contribution >= 0.6 is 12.4 Å². The summed E-state index contributed by atoms with van der Waals surface area (Å²) in [7, 11) is 0. The summed E-state index contributed by atoms with van der Waals surface area (Å²) in [6.45, 7) is 6.79. The number of halogens is 4. The zero-order valence-electron chi connectivity index (χ0n) is 38.6. The third-order valence-corrected chi connectivity index (χ3v) is 10.9. The number of carboxylic acids is 1. The predicted molar refractivity (Wildman–Crippen MR) is 245 cm³/mol. The van der Waals surface area contributed by atoms with Crippen LogP contribution < -0.4 is 40.6 Å². The van der Waals surface area contributed by atoms with Crippen LogP contribution in [0.1, 0.15) is 113 Å². The number of nitrogens with zero attached hydrogens (tertiary/aromatic N) is 3. The molecule has 14 nitrogen and oxygen atoms in total. The topological polar surface area (TPSA) is 231 Å². The monoisotopic (exact) mass is 948 g/mol. The number of nitrogens with one attached hydrogen (secondary N) is 3. The maximum absolute atomic E-state index is 14.0. The molecule has 8 rings (SSSR count). The van der Waals surface area contributed by atoms with Gasteiger partial charge in [0, 0.05) is 68.8 Å². The number of H-pyrrole nitrogens is 2. The largest absolute Gasteiger partial charge is 1.00 e. The Balaban J connectivity index is 0.000000861. The number of aromatic hydroxyl groups is 3. The van der Waals surface area contributed by atoms with E-state index in [1.165, 1.54) is 81.3 Å². The molecule has 0 atom stereocenters. The number of hydrogen-bond acceptors (Lipinski definition) is 10. The van der Waals surface area contributed by atoms with Gasteiger partial charge in [0.25, 0.3) is 5.91 Å². The molecular weight excluding hydrogens is 889 g/mol. The van der Waals surface area contributed by atoms with Crippen molar-refractivity contribution in [3.05, 3.63) is 124 Å². The Kier molecular flexibility index (Phi) is 27.3. The van der Waals surface area contributed by atoms with E-state index in [0.29, 0.717) is 42.1 Å². The van der Waals surface area contributed by atoms with Gasteiger partial charge in [-0.2, -0.15) is 10.2 Å². The van der Waals surface area contributed by atoms with E-state index in [0.717, 1.165) is 67.4 Å². The average Bonchev–Trinajstić information content (AvgIpc) is 3.84. The van der Waals surface area contributed by atoms with Crippen LogP contribution in [0.4, 0.5) is 13.2 Å². The number of amides is 1. The quantitative estimate of drug-likeness (QED) is 0.0607. The van der Waals surface area contributed by atoms with Crippen molar-refractivity contribution >= 4 is 39.0 Å². The minimum Gasteiger partial charge on any atom is -1.00 e. The molecule has 2 heterocycles. The van der Waals surface area contributed by atoms with E-state index in [4.69, 9.17) is 21.1 Å². The standard InChI is InChI=1S/C17H20FN3O2.C12H16FNO.C7H5FO2.C5H6N2O2.C5H11N.B.ClH.Na.H/c1-11-7-16(20-19-11)17(23)21(9-12-3-2-4-12)10-13-5-6-14(22)8-15(13)18;13-12-6-11(15)5-4-10(12)8-14-7-9-2-1-3-9;8-7-3-6(10)2-1-5(7)4-9;1-3-2-4(5(8)9)7-6-3;6-4-5-2-1-3-5;;;;/h5-8,12,22H,2-4,9-10H2,1H3,(H,19,20);4-6,9,14-15H,1-3,7-8H2;1-4,10H;2H,1H3,(H,6,7)(H,8,9);5H,1-4,6H2;;1H;;/q;;;;;;;+1;-1. The molecule has 9 N–H and O–H groups in total. The van der Waals surface area contributed by atoms with Gasteiger partial charge in [0.1, 0.15) is 40.4 Å². The number of aromatic nitrogens is 4. The van der Waals surface area contributed by atoms with Crippen LogP contribution in [0.2, 0.25) is 0 Å². The number of aromatic amines is 2. The van der Waals surface area contributed by atoms with Crippen molar-refractivity contribution < 1.29 is 79.0 Å². The van der Waals surface area contributed by atoms with E-state index in [1.54, 1.807) is 24.0 Å². The molecular formula is C46H60BClF3N7NaO7. The fourth-order valence-corrected chi connectivity index (χ4v) is 6.42. The third kappa shape index (κ3) is 19.9. The maximum atomic E-state index is 14.0. The first-order chi connectivity index (χ1) is 30.1. The van der Waals surface area contributed by atoms with Crippen LogP contribution in [0.15, 0.2) is 66.7 Å². The van der Waals surface area contributed by atoms with Crippen LogP contribution in [-0.2, 0) is 13.1 Å². The molecule has 66 heavy (non-hydrogen) atoms. The Morgan fingerprint density at radius 3 is 1.59 bits per heavy atom. The SMILES string of the molecule is Cc1cc(C(=O)N(Cc2ccc(O)cc2F)CC2CCC2)n[nH]1.Cc1cc(C(=O)O)n[nH]1.Cl.NCC1CCC1.O=Cc1ccc(O)cc1F.Oc1ccc(CNCC2CCC2)c(F)c1.[B].[H-].[Na+]. The summed E-state index contributed by atoms with van der Waals surface area (Å²) in [5.41, 5.74) is 8.28. The van der Waals surface area contributed by atoms with Crippen molar-refractivity contribution in [1.82, 2.24) is 30.6 Å². The molecule has 0 spiro atoms. The van der Waals surface area contributed by atoms with Crippen molar-refractivity contribution in [2.75, 3.05) is 19.6 Å². The minimum atomic E-state index is -1.00. The molecule has 1 amide bonds. The van der Waals surface area contributed by atoms with Crippen molar-refractivity contribution in [1.29, 1.82) is 0 Å². The number of carboxylic acid groups (broad SMARTS) is 1. The van der Waals surface area contributed by atoms with E-state index < -0.39 is 17.6 Å². The van der Waals surface area contributed by atoms with E-state index in [2.05, 4.69) is 25.7 Å². The molecule has 0 saturated heterocycles. The van der Waals surface area contributed by atoms with Gasteiger partial charge in [0.15, 0.2) is 12.0 Å². The van der Waals surface area contributed by atoms with Crippen LogP contribution in [0, 0.1) is 49.1 Å². The Bertz CT molecular complexity index is 2250. The molecule has 3 aromatic carbocycles. The van der Waals surface area contributed by atoms with Crippen LogP contribution in [0.25, 0.3) is 0 Å². The summed E-state index contributed by atoms with van der Waals surface area (Å²) >= 11 is 0. The second-order valence-electron chi connectivity index (χ2n) is 16.0. The zero-order valence-corrected chi connectivity index (χ0v) is 40.4. The molecule has 0 aliphatic heterocycles. The van der Waals surface area contributed by atoms with Gasteiger partial charge in [0.05, 0.1) is 5.56 Å². The molecule has 3 radical (unpaired) electrons. The van der Waals surface area contributed by atoms with Gasteiger partial charge in [-0.25, -0.2) is 18.0 Å². The first-order valence-electron chi connectivity index (χ1n) is 21.0. The number of carbonyl (C=O) groups excluding carboxylic acids is 2. The fraction of sp³-hybridized carbons (Fsp3) is 0.413. The number of aromatic carboxylic acids is 1. The molecule has 2 aromatic heterocycles. The van der Waals surface area contributed by atoms with Gasteiger partial charge in [-0.15, -0.1) is 12.4 Å². The Hall–Kier alpha value is -4.85. The number of carbonyl (C=O) groups is 3. The zero-order chi connectivity index (χ0) is 45.9. The number of aryl methyl sites for hydroxylation is 2. The van der Waals surface area contributed by atoms with Crippen LogP contribution in [-0.4, -0.2) is 91.9 Å². The number of phenols is 3. The molecule has 3 fully saturated rings. The van der Waals surface area contributed by atoms with Crippen molar-refractivity contribution in [2.24, 2.45) is 23.5 Å². The van der Waals surface area contributed by atoms with Crippen molar-refractivity contribution in [2.45, 2.75) is 84.7 Å². The maximum Gasteiger partial charge on any atom is 1.00 e. The van der Waals surface area contributed by atoms with Crippen LogP contribution in [0.3, 0.4) is 0 Å². The Labute approximate surface area is 415 Å². The molecule has 0 unspecified atom stereocenters. The minimum absolute atomic E-state index is 0. The molecule has 20 heteroatoms. The van der Waals surface area contributed by atoms with E-state index in [1.807, 2.05) is 6.92 Å². The number of aldehydes is 1. The summed E-state index contributed by atoms with van der Waals surface area (Å²) in [4.78, 5) is 34.5. The smallest absolute Gasteiger partial charge is 1.00 e. The van der Waals surface area contributed by atoms with Crippen LogP contribution in [0.5, 0.6) is 17.2 Å². The summed E-state index contributed by atoms with van der Waals surface area (Å²) < 4.78 is 39.7. The van der Waals surface area contributed by atoms with Gasteiger partial charge in [0.2, 0.25) is 0 Å². The number of phenolic OH excluding ortho intramolecular Hbond substituents is 3. The molecule has 5 aromatic rings. The second kappa shape index (κ2) is 30.4. The fourth-order valence-electron chi connectivity index (χ4n) is 6.42. The molecule has 0 bridgehead atoms. The molecule has 3 saturated carbocycles. The van der Waals surface area contributed by atoms with Gasteiger partial charge in [-0.3, -0.25) is 19.8 Å². The normalized spacial score (nSPS) is 13.6. The van der Waals surface area contributed by atoms with Crippen molar-refractivity contribution in [3.8, 4) is 17.2 Å². The summed E-state index contributed by atoms with van der Waals surface area (Å²) in [5, 5.41) is 51.4. The third-order valence-electron chi connectivity index (χ3n) is 10.9. The van der Waals surface area contributed by atoms with Gasteiger partial charge < -0.3 is 37.8 Å². The first kappa shape index (κ1) is 59.2. The summed E-state index contributed by atoms with van der Waals surface area (Å²) in [6, 6.07) is 14.9. The first-order valence-corrected chi connectivity index (χ1v) is 21.0. The van der Waals surface area contributed by atoms with Gasteiger partial charge in [-0.05, 0) is 120 Å². The second-order valence-corrected chi connectivity index (χ2v) is 16.0. The van der Waals surface area contributed by atoms with Crippen molar-refractivity contribution in [3.63, 3.8) is 0 Å². The predicted octanol–water partition coefficient (Wildman–Crippen LogP) is 5.09. The number of benzene rings is 3. The summed E-state index contributed by atoms with van der Waals surface area (Å²) in [5.74, 6) is -0.910. The van der Waals surface area contributed by atoms with E-state index >= 15 is 0 Å². The molecule has 3 aliphatic rings. The number of hydrogen-bond donors (Lipinski definition) is 8. The van der Waals surface area contributed by atoms with E-state index in [9.17, 15) is 32.7 Å². The average molecular weight is 949 g/mol. The summed E-state index contributed by atoms with van der Waals surface area (Å²) in [6.07, 6.45) is 11.9. The van der Waals surface area contributed by atoms with E-state index in [-0.39, 0.29) is 98.6 Å². The molecule has 3 aliphatic carbocycles. The Morgan fingerprint density at radius 1 is 0.758 bits per heavy atom. The molecule has 353 valence electrons. The number of nitrogens with two attached hydrogens (primary N) is 1. The van der Waals surface area contributed by atoms with Gasteiger partial charge >= 0.3 is 35.5 Å². The van der Waals surface area contributed by atoms with Gasteiger partial charge in [-0.1, -0.05) is 31.4 Å². The number of rotatable bonds is 12.